The number of imidazole rings is 1. The van der Waals surface area contributed by atoms with Crippen molar-refractivity contribution in [1.82, 2.24) is 9.55 Å². The van der Waals surface area contributed by atoms with Gasteiger partial charge in [-0.1, -0.05) is 19.3 Å². The van der Waals surface area contributed by atoms with E-state index in [4.69, 9.17) is 9.47 Å². The fourth-order valence-electron chi connectivity index (χ4n) is 2.62. The molecule has 1 aliphatic rings. The van der Waals surface area contributed by atoms with Crippen LogP contribution in [-0.2, 0) is 16.0 Å². The Morgan fingerprint density at radius 2 is 2.15 bits per heavy atom. The first-order valence-electron chi connectivity index (χ1n) is 7.75. The van der Waals surface area contributed by atoms with Gasteiger partial charge in [-0.2, -0.15) is 0 Å². The van der Waals surface area contributed by atoms with Crippen molar-refractivity contribution in [1.29, 1.82) is 0 Å². The third-order valence-electron chi connectivity index (χ3n) is 3.76. The van der Waals surface area contributed by atoms with E-state index in [-0.39, 0.29) is 0 Å². The molecular formula is C15H27N3O2. The normalized spacial score (nSPS) is 16.4. The number of aromatic nitrogens is 2. The Morgan fingerprint density at radius 1 is 1.30 bits per heavy atom. The van der Waals surface area contributed by atoms with Crippen LogP contribution in [0.4, 0.5) is 5.95 Å². The summed E-state index contributed by atoms with van der Waals surface area (Å²) in [4.78, 5) is 4.33. The van der Waals surface area contributed by atoms with Gasteiger partial charge in [-0.25, -0.2) is 4.98 Å². The van der Waals surface area contributed by atoms with E-state index in [1.54, 1.807) is 7.11 Å². The van der Waals surface area contributed by atoms with E-state index in [0.717, 1.165) is 38.7 Å². The Bertz CT molecular complexity index is 362. The number of rotatable bonds is 9. The number of nitrogens with zero attached hydrogens (tertiary/aromatic N) is 2. The van der Waals surface area contributed by atoms with E-state index >= 15 is 0 Å². The van der Waals surface area contributed by atoms with Gasteiger partial charge in [0.25, 0.3) is 0 Å². The second kappa shape index (κ2) is 8.97. The molecule has 20 heavy (non-hydrogen) atoms. The van der Waals surface area contributed by atoms with Crippen molar-refractivity contribution in [2.45, 2.75) is 51.2 Å². The van der Waals surface area contributed by atoms with Crippen molar-refractivity contribution in [2.24, 2.45) is 0 Å². The van der Waals surface area contributed by atoms with Gasteiger partial charge >= 0.3 is 0 Å². The average Bonchev–Trinajstić information content (AvgIpc) is 2.92. The lowest BCUT2D eigenvalue weighted by Crippen LogP contribution is -2.20. The maximum atomic E-state index is 5.96. The Hall–Kier alpha value is -1.07. The Morgan fingerprint density at radius 3 is 2.95 bits per heavy atom. The summed E-state index contributed by atoms with van der Waals surface area (Å²) in [7, 11) is 1.73. The number of methoxy groups -OCH3 is 1. The van der Waals surface area contributed by atoms with Gasteiger partial charge in [0.2, 0.25) is 5.95 Å². The molecule has 1 aromatic rings. The number of hydrogen-bond acceptors (Lipinski definition) is 4. The first-order valence-corrected chi connectivity index (χ1v) is 7.75. The molecule has 1 aliphatic carbocycles. The van der Waals surface area contributed by atoms with Crippen LogP contribution in [0.3, 0.4) is 0 Å². The van der Waals surface area contributed by atoms with E-state index in [9.17, 15) is 0 Å². The summed E-state index contributed by atoms with van der Waals surface area (Å²) in [5, 5.41) is 3.33. The van der Waals surface area contributed by atoms with E-state index in [1.165, 1.54) is 32.1 Å². The minimum atomic E-state index is 0.477. The van der Waals surface area contributed by atoms with Crippen molar-refractivity contribution >= 4 is 5.95 Å². The molecule has 1 saturated carbocycles. The fourth-order valence-corrected chi connectivity index (χ4v) is 2.62. The van der Waals surface area contributed by atoms with Gasteiger partial charge in [-0.05, 0) is 19.3 Å². The first-order chi connectivity index (χ1) is 9.90. The predicted molar refractivity (Wildman–Crippen MR) is 80.0 cm³/mol. The molecule has 0 unspecified atom stereocenters. The molecule has 0 atom stereocenters. The molecule has 0 amide bonds. The maximum absolute atomic E-state index is 5.96. The Kier molecular flexibility index (Phi) is 6.88. The highest BCUT2D eigenvalue weighted by molar-refractivity contribution is 5.25. The maximum Gasteiger partial charge on any atom is 0.202 e. The van der Waals surface area contributed by atoms with Gasteiger partial charge in [-0.3, -0.25) is 0 Å². The summed E-state index contributed by atoms with van der Waals surface area (Å²) < 4.78 is 13.1. The van der Waals surface area contributed by atoms with Gasteiger partial charge < -0.3 is 19.4 Å². The summed E-state index contributed by atoms with van der Waals surface area (Å²) in [6.07, 6.45) is 11.8. The summed E-state index contributed by atoms with van der Waals surface area (Å²) in [6.45, 7) is 3.30. The summed E-state index contributed by atoms with van der Waals surface area (Å²) in [6, 6.07) is 0. The SMILES string of the molecule is COCCCNc1nccn1CCOC1CCCCC1. The van der Waals surface area contributed by atoms with Crippen LogP contribution in [0.15, 0.2) is 12.4 Å². The van der Waals surface area contributed by atoms with E-state index < -0.39 is 0 Å². The molecule has 0 spiro atoms. The van der Waals surface area contributed by atoms with Gasteiger partial charge in [0, 0.05) is 39.2 Å². The van der Waals surface area contributed by atoms with Crippen LogP contribution in [0.5, 0.6) is 0 Å². The van der Waals surface area contributed by atoms with Crippen LogP contribution >= 0.6 is 0 Å². The highest BCUT2D eigenvalue weighted by Gasteiger charge is 2.13. The smallest absolute Gasteiger partial charge is 0.202 e. The van der Waals surface area contributed by atoms with Gasteiger partial charge in [0.05, 0.1) is 12.7 Å². The van der Waals surface area contributed by atoms with E-state index in [0.29, 0.717) is 6.10 Å². The van der Waals surface area contributed by atoms with Crippen LogP contribution in [0, 0.1) is 0 Å². The second-order valence-corrected chi connectivity index (χ2v) is 5.35. The summed E-state index contributed by atoms with van der Waals surface area (Å²) in [5.41, 5.74) is 0. The number of hydrogen-bond donors (Lipinski definition) is 1. The lowest BCUT2D eigenvalue weighted by molar-refractivity contribution is 0.0242. The molecule has 0 saturated heterocycles. The largest absolute Gasteiger partial charge is 0.385 e. The average molecular weight is 281 g/mol. The molecule has 0 bridgehead atoms. The molecule has 1 fully saturated rings. The van der Waals surface area contributed by atoms with E-state index in [2.05, 4.69) is 14.9 Å². The minimum Gasteiger partial charge on any atom is -0.385 e. The highest BCUT2D eigenvalue weighted by atomic mass is 16.5. The fraction of sp³-hybridized carbons (Fsp3) is 0.800. The zero-order valence-corrected chi connectivity index (χ0v) is 12.5. The zero-order valence-electron chi connectivity index (χ0n) is 12.5. The molecule has 1 heterocycles. The topological polar surface area (TPSA) is 48.3 Å². The third-order valence-corrected chi connectivity index (χ3v) is 3.76. The van der Waals surface area contributed by atoms with Gasteiger partial charge in [0.1, 0.15) is 0 Å². The summed E-state index contributed by atoms with van der Waals surface area (Å²) in [5.74, 6) is 0.924. The van der Waals surface area contributed by atoms with Crippen molar-refractivity contribution in [2.75, 3.05) is 32.2 Å². The zero-order chi connectivity index (χ0) is 14.0. The number of nitrogens with one attached hydrogen (secondary N) is 1. The molecule has 5 heteroatoms. The lowest BCUT2D eigenvalue weighted by Gasteiger charge is -2.22. The minimum absolute atomic E-state index is 0.477. The molecule has 0 aliphatic heterocycles. The Labute approximate surface area is 121 Å². The standard InChI is InChI=1S/C15H27N3O2/c1-19-12-5-8-16-15-17-9-10-18(15)11-13-20-14-6-3-2-4-7-14/h9-10,14H,2-8,11-13H2,1H3,(H,16,17). The molecule has 5 nitrogen and oxygen atoms in total. The molecule has 2 rings (SSSR count). The van der Waals surface area contributed by atoms with Gasteiger partial charge in [-0.15, -0.1) is 0 Å². The lowest BCUT2D eigenvalue weighted by atomic mass is 9.98. The van der Waals surface area contributed by atoms with E-state index in [1.807, 2.05) is 12.4 Å². The van der Waals surface area contributed by atoms with Crippen LogP contribution in [-0.4, -0.2) is 42.5 Å². The Balaban J connectivity index is 1.65. The molecule has 1 aromatic heterocycles. The van der Waals surface area contributed by atoms with Crippen molar-refractivity contribution in [3.63, 3.8) is 0 Å². The first kappa shape index (κ1) is 15.3. The molecule has 0 aromatic carbocycles. The second-order valence-electron chi connectivity index (χ2n) is 5.35. The molecule has 1 N–H and O–H groups in total. The van der Waals surface area contributed by atoms with Crippen molar-refractivity contribution in [3.8, 4) is 0 Å². The molecule has 0 radical (unpaired) electrons. The van der Waals surface area contributed by atoms with Crippen LogP contribution in [0.2, 0.25) is 0 Å². The molecule has 114 valence electrons. The third kappa shape index (κ3) is 5.13. The van der Waals surface area contributed by atoms with Gasteiger partial charge in [0.15, 0.2) is 0 Å². The van der Waals surface area contributed by atoms with Crippen LogP contribution in [0.1, 0.15) is 38.5 Å². The quantitative estimate of drug-likeness (QED) is 0.707. The van der Waals surface area contributed by atoms with Crippen molar-refractivity contribution in [3.05, 3.63) is 12.4 Å². The number of ether oxygens (including phenoxy) is 2. The highest BCUT2D eigenvalue weighted by Crippen LogP contribution is 2.20. The van der Waals surface area contributed by atoms with Crippen LogP contribution in [0.25, 0.3) is 0 Å². The number of anilines is 1. The van der Waals surface area contributed by atoms with Crippen LogP contribution < -0.4 is 5.32 Å². The monoisotopic (exact) mass is 281 g/mol. The summed E-state index contributed by atoms with van der Waals surface area (Å²) >= 11 is 0. The van der Waals surface area contributed by atoms with Crippen molar-refractivity contribution < 1.29 is 9.47 Å². The predicted octanol–water partition coefficient (Wildman–Crippen LogP) is 2.68. The molecular weight excluding hydrogens is 254 g/mol.